The number of amides is 2. The van der Waals surface area contributed by atoms with Crippen LogP contribution in [-0.4, -0.2) is 44.2 Å². The summed E-state index contributed by atoms with van der Waals surface area (Å²) < 4.78 is 5.68. The van der Waals surface area contributed by atoms with Gasteiger partial charge in [-0.25, -0.2) is 0 Å². The number of anilines is 2. The molecule has 35 heavy (non-hydrogen) atoms. The summed E-state index contributed by atoms with van der Waals surface area (Å²) in [6.07, 6.45) is 5.38. The predicted octanol–water partition coefficient (Wildman–Crippen LogP) is 5.04. The number of rotatable bonds is 7. The number of nitrogens with one attached hydrogen (secondary N) is 2. The molecule has 0 aromatic heterocycles. The Hall–Kier alpha value is -2.86. The van der Waals surface area contributed by atoms with E-state index in [9.17, 15) is 9.59 Å². The van der Waals surface area contributed by atoms with Gasteiger partial charge in [-0.1, -0.05) is 51.1 Å². The number of nitrogens with zero attached hydrogens (tertiary/aromatic N) is 1. The second-order valence-electron chi connectivity index (χ2n) is 10.9. The molecule has 0 aliphatic carbocycles. The van der Waals surface area contributed by atoms with Crippen molar-refractivity contribution in [2.75, 3.05) is 36.5 Å². The topological polar surface area (TPSA) is 70.7 Å². The molecule has 2 N–H and O–H groups in total. The fourth-order valence-electron chi connectivity index (χ4n) is 4.82. The van der Waals surface area contributed by atoms with Crippen LogP contribution in [0.2, 0.25) is 0 Å². The van der Waals surface area contributed by atoms with E-state index in [1.54, 1.807) is 0 Å². The van der Waals surface area contributed by atoms with Crippen molar-refractivity contribution in [3.05, 3.63) is 59.7 Å². The molecule has 2 heterocycles. The standard InChI is InChI=1S/C29H39N3O3/c1-29(2,3)28(34)31-23-11-12-26(25(19-23)27(33)30-20-24-10-7-17-35-24)32-15-13-22(14-16-32)18-21-8-5-4-6-9-21/h4-6,8-9,11-12,19,22,24H,7,10,13-18,20H2,1-3H3,(H,30,33)(H,31,34). The van der Waals surface area contributed by atoms with Crippen LogP contribution in [0.25, 0.3) is 0 Å². The maximum Gasteiger partial charge on any atom is 0.253 e. The molecule has 2 saturated heterocycles. The summed E-state index contributed by atoms with van der Waals surface area (Å²) in [6, 6.07) is 16.4. The van der Waals surface area contributed by atoms with Gasteiger partial charge in [-0.05, 0) is 61.8 Å². The highest BCUT2D eigenvalue weighted by atomic mass is 16.5. The third-order valence-corrected chi connectivity index (χ3v) is 7.02. The lowest BCUT2D eigenvalue weighted by molar-refractivity contribution is -0.123. The number of ether oxygens (including phenoxy) is 1. The van der Waals surface area contributed by atoms with Gasteiger partial charge in [-0.2, -0.15) is 0 Å². The molecule has 2 aromatic rings. The van der Waals surface area contributed by atoms with Gasteiger partial charge in [0.15, 0.2) is 0 Å². The summed E-state index contributed by atoms with van der Waals surface area (Å²) in [7, 11) is 0. The van der Waals surface area contributed by atoms with Gasteiger partial charge in [0.1, 0.15) is 0 Å². The van der Waals surface area contributed by atoms with E-state index in [-0.39, 0.29) is 17.9 Å². The van der Waals surface area contributed by atoms with Crippen molar-refractivity contribution >= 4 is 23.2 Å². The van der Waals surface area contributed by atoms with Gasteiger partial charge in [-0.15, -0.1) is 0 Å². The summed E-state index contributed by atoms with van der Waals surface area (Å²) in [6.45, 7) is 8.74. The Labute approximate surface area is 209 Å². The summed E-state index contributed by atoms with van der Waals surface area (Å²) >= 11 is 0. The zero-order valence-electron chi connectivity index (χ0n) is 21.3. The molecular weight excluding hydrogens is 438 g/mol. The van der Waals surface area contributed by atoms with Crippen molar-refractivity contribution in [2.24, 2.45) is 11.3 Å². The number of hydrogen-bond acceptors (Lipinski definition) is 4. The molecule has 0 radical (unpaired) electrons. The van der Waals surface area contributed by atoms with Crippen molar-refractivity contribution in [3.63, 3.8) is 0 Å². The number of benzene rings is 2. The quantitative estimate of drug-likeness (QED) is 0.586. The van der Waals surface area contributed by atoms with Gasteiger partial charge in [-0.3, -0.25) is 9.59 Å². The fourth-order valence-corrected chi connectivity index (χ4v) is 4.82. The van der Waals surface area contributed by atoms with Gasteiger partial charge in [0, 0.05) is 43.0 Å². The highest BCUT2D eigenvalue weighted by molar-refractivity contribution is 6.02. The van der Waals surface area contributed by atoms with Crippen molar-refractivity contribution in [1.29, 1.82) is 0 Å². The molecular formula is C29H39N3O3. The first-order valence-corrected chi connectivity index (χ1v) is 12.9. The van der Waals surface area contributed by atoms with Crippen LogP contribution in [0.3, 0.4) is 0 Å². The first-order valence-electron chi connectivity index (χ1n) is 12.9. The third kappa shape index (κ3) is 6.85. The zero-order valence-corrected chi connectivity index (χ0v) is 21.3. The molecule has 2 aromatic carbocycles. The van der Waals surface area contributed by atoms with E-state index in [0.29, 0.717) is 23.7 Å². The molecule has 1 atom stereocenters. The minimum absolute atomic E-state index is 0.0716. The van der Waals surface area contributed by atoms with E-state index in [4.69, 9.17) is 4.74 Å². The van der Waals surface area contributed by atoms with Crippen molar-refractivity contribution < 1.29 is 14.3 Å². The molecule has 2 aliphatic heterocycles. The Morgan fingerprint density at radius 2 is 1.77 bits per heavy atom. The molecule has 0 spiro atoms. The lowest BCUT2D eigenvalue weighted by Gasteiger charge is -2.35. The first kappa shape index (κ1) is 25.2. The Morgan fingerprint density at radius 3 is 2.43 bits per heavy atom. The van der Waals surface area contributed by atoms with Crippen LogP contribution in [0, 0.1) is 11.3 Å². The van der Waals surface area contributed by atoms with Crippen LogP contribution in [0.5, 0.6) is 0 Å². The average Bonchev–Trinajstić information content (AvgIpc) is 3.37. The minimum atomic E-state index is -0.512. The van der Waals surface area contributed by atoms with Crippen LogP contribution in [0.15, 0.2) is 48.5 Å². The second-order valence-corrected chi connectivity index (χ2v) is 10.9. The van der Waals surface area contributed by atoms with Crippen LogP contribution in [0.4, 0.5) is 11.4 Å². The zero-order chi connectivity index (χ0) is 24.8. The molecule has 6 heteroatoms. The van der Waals surface area contributed by atoms with Gasteiger partial charge < -0.3 is 20.3 Å². The summed E-state index contributed by atoms with van der Waals surface area (Å²) in [4.78, 5) is 28.2. The fraction of sp³-hybridized carbons (Fsp3) is 0.517. The monoisotopic (exact) mass is 477 g/mol. The average molecular weight is 478 g/mol. The highest BCUT2D eigenvalue weighted by Gasteiger charge is 2.26. The highest BCUT2D eigenvalue weighted by Crippen LogP contribution is 2.31. The van der Waals surface area contributed by atoms with E-state index < -0.39 is 5.41 Å². The van der Waals surface area contributed by atoms with E-state index in [0.717, 1.165) is 57.5 Å². The van der Waals surface area contributed by atoms with Crippen LogP contribution in [-0.2, 0) is 16.0 Å². The molecule has 1 unspecified atom stereocenters. The third-order valence-electron chi connectivity index (χ3n) is 7.02. The van der Waals surface area contributed by atoms with E-state index >= 15 is 0 Å². The van der Waals surface area contributed by atoms with E-state index in [1.165, 1.54) is 5.56 Å². The second kappa shape index (κ2) is 11.3. The van der Waals surface area contributed by atoms with Crippen LogP contribution >= 0.6 is 0 Å². The smallest absolute Gasteiger partial charge is 0.253 e. The molecule has 2 fully saturated rings. The maximum absolute atomic E-state index is 13.3. The van der Waals surface area contributed by atoms with Crippen LogP contribution < -0.4 is 15.5 Å². The molecule has 6 nitrogen and oxygen atoms in total. The van der Waals surface area contributed by atoms with Gasteiger partial charge in [0.25, 0.3) is 5.91 Å². The van der Waals surface area contributed by atoms with E-state index in [2.05, 4.69) is 45.9 Å². The Morgan fingerprint density at radius 1 is 1.03 bits per heavy atom. The number of piperidine rings is 1. The first-order chi connectivity index (χ1) is 16.8. The molecule has 0 bridgehead atoms. The maximum atomic E-state index is 13.3. The lowest BCUT2D eigenvalue weighted by atomic mass is 9.89. The molecule has 188 valence electrons. The van der Waals surface area contributed by atoms with E-state index in [1.807, 2.05) is 39.0 Å². The molecule has 0 saturated carbocycles. The summed E-state index contributed by atoms with van der Waals surface area (Å²) in [5.74, 6) is 0.460. The molecule has 2 amide bonds. The molecule has 4 rings (SSSR count). The Balaban J connectivity index is 1.47. The molecule has 2 aliphatic rings. The lowest BCUT2D eigenvalue weighted by Crippen LogP contribution is -2.37. The largest absolute Gasteiger partial charge is 0.376 e. The summed E-state index contributed by atoms with van der Waals surface area (Å²) in [5, 5.41) is 6.05. The van der Waals surface area contributed by atoms with Crippen molar-refractivity contribution in [1.82, 2.24) is 5.32 Å². The van der Waals surface area contributed by atoms with Gasteiger partial charge >= 0.3 is 0 Å². The minimum Gasteiger partial charge on any atom is -0.376 e. The van der Waals surface area contributed by atoms with Gasteiger partial charge in [0.05, 0.1) is 11.7 Å². The predicted molar refractivity (Wildman–Crippen MR) is 141 cm³/mol. The Kier molecular flexibility index (Phi) is 8.11. The number of hydrogen-bond donors (Lipinski definition) is 2. The summed E-state index contributed by atoms with van der Waals surface area (Å²) in [5.41, 5.74) is 3.06. The van der Waals surface area contributed by atoms with Crippen molar-refractivity contribution in [3.8, 4) is 0 Å². The number of carbonyl (C=O) groups is 2. The Bertz CT molecular complexity index is 1000. The normalized spacial score (nSPS) is 18.9. The van der Waals surface area contributed by atoms with Crippen LogP contribution in [0.1, 0.15) is 62.4 Å². The van der Waals surface area contributed by atoms with Crippen molar-refractivity contribution in [2.45, 2.75) is 59.0 Å². The number of carbonyl (C=O) groups excluding carboxylic acids is 2. The van der Waals surface area contributed by atoms with Gasteiger partial charge in [0.2, 0.25) is 5.91 Å². The SMILES string of the molecule is CC(C)(C)C(=O)Nc1ccc(N2CCC(Cc3ccccc3)CC2)c(C(=O)NCC2CCCO2)c1.